The van der Waals surface area contributed by atoms with Gasteiger partial charge in [-0.15, -0.1) is 0 Å². The summed E-state index contributed by atoms with van der Waals surface area (Å²) in [6, 6.07) is 6.31. The van der Waals surface area contributed by atoms with Gasteiger partial charge in [0.05, 0.1) is 18.4 Å². The Morgan fingerprint density at radius 2 is 2.33 bits per heavy atom. The molecule has 0 bridgehead atoms. The average molecular weight is 206 g/mol. The second kappa shape index (κ2) is 4.86. The summed E-state index contributed by atoms with van der Waals surface area (Å²) in [5.41, 5.74) is 6.29. The van der Waals surface area contributed by atoms with Gasteiger partial charge in [-0.25, -0.2) is 4.79 Å². The maximum Gasteiger partial charge on any atom is 0.337 e. The molecule has 0 aliphatic rings. The van der Waals surface area contributed by atoms with E-state index in [0.29, 0.717) is 17.0 Å². The SMILES string of the molecule is COC(=O)c1ccc(N)c(OCC#N)c1. The molecule has 0 atom stereocenters. The summed E-state index contributed by atoms with van der Waals surface area (Å²) in [6.45, 7) is -0.116. The summed E-state index contributed by atoms with van der Waals surface area (Å²) < 4.78 is 9.56. The van der Waals surface area contributed by atoms with Crippen molar-refractivity contribution in [3.63, 3.8) is 0 Å². The first kappa shape index (κ1) is 10.9. The van der Waals surface area contributed by atoms with Crippen LogP contribution in [0.4, 0.5) is 5.69 Å². The van der Waals surface area contributed by atoms with Crippen molar-refractivity contribution in [2.24, 2.45) is 0 Å². The number of rotatable bonds is 3. The molecule has 0 fully saturated rings. The highest BCUT2D eigenvalue weighted by molar-refractivity contribution is 5.90. The number of benzene rings is 1. The molecule has 5 nitrogen and oxygen atoms in total. The number of hydrogen-bond donors (Lipinski definition) is 1. The zero-order chi connectivity index (χ0) is 11.3. The van der Waals surface area contributed by atoms with E-state index in [0.717, 1.165) is 0 Å². The number of nitriles is 1. The summed E-state index contributed by atoms with van der Waals surface area (Å²) in [7, 11) is 1.29. The van der Waals surface area contributed by atoms with Crippen molar-refractivity contribution in [2.75, 3.05) is 19.5 Å². The van der Waals surface area contributed by atoms with E-state index in [1.807, 2.05) is 6.07 Å². The van der Waals surface area contributed by atoms with Gasteiger partial charge in [0.2, 0.25) is 0 Å². The molecular weight excluding hydrogens is 196 g/mol. The fraction of sp³-hybridized carbons (Fsp3) is 0.200. The summed E-state index contributed by atoms with van der Waals surface area (Å²) >= 11 is 0. The lowest BCUT2D eigenvalue weighted by Crippen LogP contribution is -2.04. The van der Waals surface area contributed by atoms with Crippen LogP contribution < -0.4 is 10.5 Å². The molecule has 0 amide bonds. The van der Waals surface area contributed by atoms with Crippen LogP contribution in [0.2, 0.25) is 0 Å². The van der Waals surface area contributed by atoms with Crippen molar-refractivity contribution in [3.8, 4) is 11.8 Å². The van der Waals surface area contributed by atoms with Gasteiger partial charge in [0.1, 0.15) is 11.8 Å². The van der Waals surface area contributed by atoms with Crippen LogP contribution in [0.1, 0.15) is 10.4 Å². The van der Waals surface area contributed by atoms with Crippen molar-refractivity contribution in [1.29, 1.82) is 5.26 Å². The number of nitrogens with zero attached hydrogens (tertiary/aromatic N) is 1. The van der Waals surface area contributed by atoms with E-state index in [2.05, 4.69) is 4.74 Å². The molecule has 1 rings (SSSR count). The minimum atomic E-state index is -0.475. The number of methoxy groups -OCH3 is 1. The normalized spacial score (nSPS) is 9.07. The van der Waals surface area contributed by atoms with Crippen LogP contribution >= 0.6 is 0 Å². The van der Waals surface area contributed by atoms with E-state index in [1.165, 1.54) is 25.3 Å². The van der Waals surface area contributed by atoms with Crippen molar-refractivity contribution in [2.45, 2.75) is 0 Å². The number of anilines is 1. The molecule has 0 saturated carbocycles. The predicted molar refractivity (Wildman–Crippen MR) is 53.3 cm³/mol. The minimum Gasteiger partial charge on any atom is -0.477 e. The number of carbonyl (C=O) groups is 1. The Kier molecular flexibility index (Phi) is 3.52. The first-order valence-corrected chi connectivity index (χ1v) is 4.16. The second-order valence-electron chi connectivity index (χ2n) is 2.69. The van der Waals surface area contributed by atoms with Crippen LogP contribution in [0.25, 0.3) is 0 Å². The number of carbonyl (C=O) groups excluding carboxylic acids is 1. The van der Waals surface area contributed by atoms with Crippen LogP contribution in [-0.2, 0) is 4.74 Å². The van der Waals surface area contributed by atoms with Gasteiger partial charge in [-0.3, -0.25) is 0 Å². The van der Waals surface area contributed by atoms with E-state index < -0.39 is 5.97 Å². The van der Waals surface area contributed by atoms with Crippen molar-refractivity contribution in [3.05, 3.63) is 23.8 Å². The lowest BCUT2D eigenvalue weighted by Gasteiger charge is -2.06. The van der Waals surface area contributed by atoms with Crippen LogP contribution in [0.5, 0.6) is 5.75 Å². The van der Waals surface area contributed by atoms with Gasteiger partial charge < -0.3 is 15.2 Å². The van der Waals surface area contributed by atoms with E-state index in [4.69, 9.17) is 15.7 Å². The van der Waals surface area contributed by atoms with Gasteiger partial charge in [0, 0.05) is 0 Å². The Bertz CT molecular complexity index is 410. The zero-order valence-corrected chi connectivity index (χ0v) is 8.19. The number of esters is 1. The lowest BCUT2D eigenvalue weighted by molar-refractivity contribution is 0.0600. The zero-order valence-electron chi connectivity index (χ0n) is 8.19. The average Bonchev–Trinajstić information content (AvgIpc) is 2.27. The molecule has 0 unspecified atom stereocenters. The smallest absolute Gasteiger partial charge is 0.337 e. The molecule has 1 aromatic carbocycles. The highest BCUT2D eigenvalue weighted by Crippen LogP contribution is 2.22. The van der Waals surface area contributed by atoms with E-state index in [-0.39, 0.29) is 6.61 Å². The molecule has 0 aliphatic heterocycles. The number of hydrogen-bond acceptors (Lipinski definition) is 5. The van der Waals surface area contributed by atoms with Crippen LogP contribution in [-0.4, -0.2) is 19.7 Å². The highest BCUT2D eigenvalue weighted by Gasteiger charge is 2.08. The van der Waals surface area contributed by atoms with Gasteiger partial charge in [-0.05, 0) is 18.2 Å². The summed E-state index contributed by atoms with van der Waals surface area (Å²) in [5.74, 6) is -0.170. The number of nitrogens with two attached hydrogens (primary N) is 1. The molecule has 0 aliphatic carbocycles. The Hall–Kier alpha value is -2.22. The van der Waals surface area contributed by atoms with E-state index in [9.17, 15) is 4.79 Å². The molecule has 78 valence electrons. The number of ether oxygens (including phenoxy) is 2. The van der Waals surface area contributed by atoms with Gasteiger partial charge in [-0.1, -0.05) is 0 Å². The topological polar surface area (TPSA) is 85.3 Å². The standard InChI is InChI=1S/C10H10N2O3/c1-14-10(13)7-2-3-8(12)9(6-7)15-5-4-11/h2-3,6H,5,12H2,1H3. The Morgan fingerprint density at radius 1 is 1.60 bits per heavy atom. The third-order valence-electron chi connectivity index (χ3n) is 1.73. The monoisotopic (exact) mass is 206 g/mol. The molecule has 2 N–H and O–H groups in total. The molecule has 0 radical (unpaired) electrons. The van der Waals surface area contributed by atoms with Crippen molar-refractivity contribution < 1.29 is 14.3 Å². The third kappa shape index (κ3) is 2.61. The van der Waals surface area contributed by atoms with Crippen LogP contribution in [0.3, 0.4) is 0 Å². The molecule has 0 aromatic heterocycles. The predicted octanol–water partition coefficient (Wildman–Crippen LogP) is 0.958. The molecule has 1 aromatic rings. The Morgan fingerprint density at radius 3 is 2.93 bits per heavy atom. The first-order chi connectivity index (χ1) is 7.19. The number of nitrogen functional groups attached to an aromatic ring is 1. The molecule has 0 saturated heterocycles. The Labute approximate surface area is 87.0 Å². The fourth-order valence-electron chi connectivity index (χ4n) is 1.01. The summed E-state index contributed by atoms with van der Waals surface area (Å²) in [5, 5.41) is 8.34. The van der Waals surface area contributed by atoms with Crippen molar-refractivity contribution >= 4 is 11.7 Å². The maximum atomic E-state index is 11.2. The largest absolute Gasteiger partial charge is 0.477 e. The molecule has 0 heterocycles. The lowest BCUT2D eigenvalue weighted by atomic mass is 10.2. The molecule has 5 heteroatoms. The van der Waals surface area contributed by atoms with Gasteiger partial charge in [-0.2, -0.15) is 5.26 Å². The van der Waals surface area contributed by atoms with Gasteiger partial charge >= 0.3 is 5.97 Å². The molecular formula is C10H10N2O3. The van der Waals surface area contributed by atoms with Gasteiger partial charge in [0.15, 0.2) is 6.61 Å². The maximum absolute atomic E-state index is 11.2. The van der Waals surface area contributed by atoms with Crippen LogP contribution in [0, 0.1) is 11.3 Å². The van der Waals surface area contributed by atoms with E-state index >= 15 is 0 Å². The summed E-state index contributed by atoms with van der Waals surface area (Å²) in [6.07, 6.45) is 0. The second-order valence-corrected chi connectivity index (χ2v) is 2.69. The minimum absolute atomic E-state index is 0.116. The third-order valence-corrected chi connectivity index (χ3v) is 1.73. The summed E-state index contributed by atoms with van der Waals surface area (Å²) in [4.78, 5) is 11.2. The highest BCUT2D eigenvalue weighted by atomic mass is 16.5. The molecule has 15 heavy (non-hydrogen) atoms. The van der Waals surface area contributed by atoms with Crippen molar-refractivity contribution in [1.82, 2.24) is 0 Å². The van der Waals surface area contributed by atoms with Gasteiger partial charge in [0.25, 0.3) is 0 Å². The van der Waals surface area contributed by atoms with E-state index in [1.54, 1.807) is 0 Å². The quantitative estimate of drug-likeness (QED) is 0.588. The first-order valence-electron chi connectivity index (χ1n) is 4.16. The molecule has 0 spiro atoms. The Balaban J connectivity index is 2.95. The fourth-order valence-corrected chi connectivity index (χ4v) is 1.01. The van der Waals surface area contributed by atoms with Crippen LogP contribution in [0.15, 0.2) is 18.2 Å².